The van der Waals surface area contributed by atoms with Crippen molar-refractivity contribution in [2.45, 2.75) is 15.7 Å². The second-order valence-electron chi connectivity index (χ2n) is 2.90. The number of aromatic nitrogens is 2. The lowest BCUT2D eigenvalue weighted by Crippen LogP contribution is -1.92. The van der Waals surface area contributed by atoms with E-state index in [1.165, 1.54) is 29.2 Å². The van der Waals surface area contributed by atoms with Gasteiger partial charge in [0, 0.05) is 16.1 Å². The van der Waals surface area contributed by atoms with Gasteiger partial charge in [0.15, 0.2) is 4.34 Å². The lowest BCUT2D eigenvalue weighted by Gasteiger charge is -2.07. The van der Waals surface area contributed by atoms with E-state index in [0.717, 1.165) is 0 Å². The lowest BCUT2D eigenvalue weighted by atomic mass is 10.2. The maximum Gasteiger partial charge on any atom is 0.265 e. The highest BCUT2D eigenvalue weighted by atomic mass is 32.2. The molecule has 16 heavy (non-hydrogen) atoms. The number of benzene rings is 1. The maximum absolute atomic E-state index is 12.7. The molecule has 0 aliphatic carbocycles. The number of hydrogen-bond acceptors (Lipinski definition) is 5. The van der Waals surface area contributed by atoms with E-state index < -0.39 is 6.43 Å². The highest BCUT2D eigenvalue weighted by molar-refractivity contribution is 8.01. The zero-order chi connectivity index (χ0) is 11.5. The molecule has 1 aromatic carbocycles. The number of nitrogens with zero attached hydrogens (tertiary/aromatic N) is 2. The van der Waals surface area contributed by atoms with Crippen LogP contribution in [0.3, 0.4) is 0 Å². The third-order valence-corrected chi connectivity index (χ3v) is 3.68. The van der Waals surface area contributed by atoms with E-state index in [0.29, 0.717) is 14.9 Å². The van der Waals surface area contributed by atoms with Crippen LogP contribution in [-0.4, -0.2) is 10.2 Å². The summed E-state index contributed by atoms with van der Waals surface area (Å²) in [6.45, 7) is 0. The monoisotopic (exact) mass is 259 g/mol. The summed E-state index contributed by atoms with van der Waals surface area (Å²) in [5.74, 6) is 0. The van der Waals surface area contributed by atoms with E-state index in [4.69, 9.17) is 5.73 Å². The molecule has 0 saturated carbocycles. The van der Waals surface area contributed by atoms with Gasteiger partial charge in [0.2, 0.25) is 0 Å². The minimum absolute atomic E-state index is 0.0693. The summed E-state index contributed by atoms with van der Waals surface area (Å²) in [6, 6.07) is 4.45. The first-order valence-corrected chi connectivity index (χ1v) is 5.98. The predicted octanol–water partition coefficient (Wildman–Crippen LogP) is 3.21. The Hall–Kier alpha value is -1.21. The highest BCUT2D eigenvalue weighted by Gasteiger charge is 2.15. The molecule has 2 aromatic rings. The molecule has 84 valence electrons. The second-order valence-corrected chi connectivity index (χ2v) is 5.03. The molecule has 0 saturated heterocycles. The van der Waals surface area contributed by atoms with Gasteiger partial charge in [0.05, 0.1) is 0 Å². The Bertz CT molecular complexity index is 474. The predicted molar refractivity (Wildman–Crippen MR) is 59.8 cm³/mol. The summed E-state index contributed by atoms with van der Waals surface area (Å²) in [6.07, 6.45) is -2.54. The number of alkyl halides is 2. The largest absolute Gasteiger partial charge is 0.399 e. The number of anilines is 1. The first-order chi connectivity index (χ1) is 7.66. The summed E-state index contributed by atoms with van der Waals surface area (Å²) in [7, 11) is 0. The molecule has 1 heterocycles. The Morgan fingerprint density at radius 2 is 2.19 bits per heavy atom. The molecule has 0 aliphatic rings. The van der Waals surface area contributed by atoms with E-state index in [2.05, 4.69) is 10.2 Å². The van der Waals surface area contributed by atoms with Crippen LogP contribution in [0.1, 0.15) is 12.0 Å². The van der Waals surface area contributed by atoms with Gasteiger partial charge in [-0.2, -0.15) is 0 Å². The van der Waals surface area contributed by atoms with E-state index in [-0.39, 0.29) is 5.56 Å². The molecule has 0 atom stereocenters. The van der Waals surface area contributed by atoms with Crippen LogP contribution in [-0.2, 0) is 0 Å². The van der Waals surface area contributed by atoms with Gasteiger partial charge in [0.1, 0.15) is 5.51 Å². The molecule has 2 N–H and O–H groups in total. The standard InChI is InChI=1S/C9H7F2N3S2/c10-8(11)6-3-5(12)1-2-7(6)16-9-14-13-4-15-9/h1-4,8H,12H2. The topological polar surface area (TPSA) is 51.8 Å². The SMILES string of the molecule is Nc1ccc(Sc2nncs2)c(C(F)F)c1. The zero-order valence-corrected chi connectivity index (χ0v) is 9.56. The van der Waals surface area contributed by atoms with Crippen LogP contribution in [0.25, 0.3) is 0 Å². The van der Waals surface area contributed by atoms with Gasteiger partial charge in [-0.05, 0) is 18.2 Å². The van der Waals surface area contributed by atoms with Crippen LogP contribution >= 0.6 is 23.1 Å². The quantitative estimate of drug-likeness (QED) is 0.860. The molecular weight excluding hydrogens is 252 g/mol. The van der Waals surface area contributed by atoms with Crippen LogP contribution in [0.4, 0.5) is 14.5 Å². The molecule has 3 nitrogen and oxygen atoms in total. The van der Waals surface area contributed by atoms with Gasteiger partial charge in [-0.3, -0.25) is 0 Å². The molecule has 0 fully saturated rings. The fraction of sp³-hybridized carbons (Fsp3) is 0.111. The summed E-state index contributed by atoms with van der Waals surface area (Å²) >= 11 is 2.47. The highest BCUT2D eigenvalue weighted by Crippen LogP contribution is 2.36. The van der Waals surface area contributed by atoms with E-state index >= 15 is 0 Å². The summed E-state index contributed by atoms with van der Waals surface area (Å²) in [4.78, 5) is 0.459. The molecule has 1 aromatic heterocycles. The molecule has 7 heteroatoms. The van der Waals surface area contributed by atoms with Crippen LogP contribution in [0.5, 0.6) is 0 Å². The summed E-state index contributed by atoms with van der Waals surface area (Å²) in [5, 5.41) is 7.44. The number of nitrogens with two attached hydrogens (primary N) is 1. The van der Waals surface area contributed by atoms with Crippen molar-refractivity contribution in [3.05, 3.63) is 29.3 Å². The lowest BCUT2D eigenvalue weighted by molar-refractivity contribution is 0.148. The summed E-state index contributed by atoms with van der Waals surface area (Å²) < 4.78 is 26.1. The molecule has 2 rings (SSSR count). The number of rotatable bonds is 3. The van der Waals surface area contributed by atoms with Crippen LogP contribution in [0, 0.1) is 0 Å². The molecule has 0 bridgehead atoms. The third kappa shape index (κ3) is 2.48. The minimum Gasteiger partial charge on any atom is -0.399 e. The first-order valence-electron chi connectivity index (χ1n) is 4.28. The minimum atomic E-state index is -2.54. The molecule has 0 unspecified atom stereocenters. The van der Waals surface area contributed by atoms with Crippen molar-refractivity contribution in [2.75, 3.05) is 5.73 Å². The summed E-state index contributed by atoms with van der Waals surface area (Å²) in [5.41, 5.74) is 7.29. The normalized spacial score (nSPS) is 10.9. The molecule has 0 amide bonds. The van der Waals surface area contributed by atoms with Gasteiger partial charge < -0.3 is 5.73 Å². The van der Waals surface area contributed by atoms with Crippen molar-refractivity contribution >= 4 is 28.8 Å². The van der Waals surface area contributed by atoms with Gasteiger partial charge in [-0.1, -0.05) is 23.1 Å². The Kier molecular flexibility index (Phi) is 3.35. The van der Waals surface area contributed by atoms with Gasteiger partial charge >= 0.3 is 0 Å². The van der Waals surface area contributed by atoms with Gasteiger partial charge in [-0.25, -0.2) is 8.78 Å². The average molecular weight is 259 g/mol. The zero-order valence-electron chi connectivity index (χ0n) is 7.93. The number of hydrogen-bond donors (Lipinski definition) is 1. The van der Waals surface area contributed by atoms with Gasteiger partial charge in [-0.15, -0.1) is 10.2 Å². The van der Waals surface area contributed by atoms with E-state index in [1.54, 1.807) is 17.6 Å². The van der Waals surface area contributed by atoms with Crippen LogP contribution < -0.4 is 5.73 Å². The maximum atomic E-state index is 12.7. The van der Waals surface area contributed by atoms with Crippen molar-refractivity contribution in [3.63, 3.8) is 0 Å². The molecule has 0 aliphatic heterocycles. The van der Waals surface area contributed by atoms with Gasteiger partial charge in [0.25, 0.3) is 6.43 Å². The Balaban J connectivity index is 2.33. The second kappa shape index (κ2) is 4.75. The Morgan fingerprint density at radius 3 is 2.81 bits per heavy atom. The smallest absolute Gasteiger partial charge is 0.265 e. The fourth-order valence-corrected chi connectivity index (χ4v) is 2.68. The van der Waals surface area contributed by atoms with Crippen molar-refractivity contribution in [2.24, 2.45) is 0 Å². The number of nitrogen functional groups attached to an aromatic ring is 1. The van der Waals surface area contributed by atoms with Crippen molar-refractivity contribution in [1.82, 2.24) is 10.2 Å². The number of halogens is 2. The molecular formula is C9H7F2N3S2. The first kappa shape index (κ1) is 11.3. The molecule has 0 radical (unpaired) electrons. The fourth-order valence-electron chi connectivity index (χ4n) is 1.13. The third-order valence-electron chi connectivity index (χ3n) is 1.81. The Morgan fingerprint density at radius 1 is 1.38 bits per heavy atom. The van der Waals surface area contributed by atoms with Crippen LogP contribution in [0.15, 0.2) is 32.9 Å². The molecule has 0 spiro atoms. The Labute approximate surface area is 98.7 Å². The van der Waals surface area contributed by atoms with Crippen molar-refractivity contribution in [3.8, 4) is 0 Å². The van der Waals surface area contributed by atoms with Crippen molar-refractivity contribution < 1.29 is 8.78 Å². The van der Waals surface area contributed by atoms with Crippen molar-refractivity contribution in [1.29, 1.82) is 0 Å². The average Bonchev–Trinajstić information content (AvgIpc) is 2.73. The van der Waals surface area contributed by atoms with E-state index in [9.17, 15) is 8.78 Å². The van der Waals surface area contributed by atoms with E-state index in [1.807, 2.05) is 0 Å². The van der Waals surface area contributed by atoms with Crippen LogP contribution in [0.2, 0.25) is 0 Å².